The van der Waals surface area contributed by atoms with Gasteiger partial charge in [0, 0.05) is 17.6 Å². The monoisotopic (exact) mass is 259 g/mol. The quantitative estimate of drug-likeness (QED) is 0.863. The van der Waals surface area contributed by atoms with Crippen molar-refractivity contribution in [3.05, 3.63) is 30.0 Å². The first-order valence-electron chi connectivity index (χ1n) is 6.36. The van der Waals surface area contributed by atoms with Crippen molar-refractivity contribution in [1.82, 2.24) is 9.97 Å². The van der Waals surface area contributed by atoms with Gasteiger partial charge in [-0.3, -0.25) is 0 Å². The molecule has 0 saturated carbocycles. The molecule has 5 heteroatoms. The lowest BCUT2D eigenvalue weighted by atomic mass is 10.1. The van der Waals surface area contributed by atoms with Crippen LogP contribution in [0.3, 0.4) is 0 Å². The summed E-state index contributed by atoms with van der Waals surface area (Å²) in [5, 5.41) is 12.9. The molecule has 0 spiro atoms. The van der Waals surface area contributed by atoms with E-state index in [1.807, 2.05) is 0 Å². The lowest BCUT2D eigenvalue weighted by Crippen LogP contribution is -2.16. The SMILES string of the molecule is CCCC(C)Nc1ncc2cc(C(=O)O)ccc2n1. The van der Waals surface area contributed by atoms with Crippen LogP contribution in [0.2, 0.25) is 0 Å². The topological polar surface area (TPSA) is 75.1 Å². The summed E-state index contributed by atoms with van der Waals surface area (Å²) in [7, 11) is 0. The number of nitrogens with one attached hydrogen (secondary N) is 1. The molecule has 0 aliphatic carbocycles. The van der Waals surface area contributed by atoms with Crippen LogP contribution in [0.25, 0.3) is 10.9 Å². The molecule has 1 atom stereocenters. The minimum absolute atomic E-state index is 0.246. The first kappa shape index (κ1) is 13.3. The number of hydrogen-bond donors (Lipinski definition) is 2. The predicted molar refractivity (Wildman–Crippen MR) is 74.5 cm³/mol. The van der Waals surface area contributed by atoms with Gasteiger partial charge in [-0.15, -0.1) is 0 Å². The number of carboxylic acids is 1. The van der Waals surface area contributed by atoms with Gasteiger partial charge in [-0.25, -0.2) is 14.8 Å². The van der Waals surface area contributed by atoms with E-state index < -0.39 is 5.97 Å². The van der Waals surface area contributed by atoms with Gasteiger partial charge >= 0.3 is 5.97 Å². The summed E-state index contributed by atoms with van der Waals surface area (Å²) < 4.78 is 0. The Balaban J connectivity index is 2.26. The minimum Gasteiger partial charge on any atom is -0.478 e. The van der Waals surface area contributed by atoms with Gasteiger partial charge in [0.15, 0.2) is 0 Å². The highest BCUT2D eigenvalue weighted by atomic mass is 16.4. The smallest absolute Gasteiger partial charge is 0.335 e. The van der Waals surface area contributed by atoms with Crippen molar-refractivity contribution >= 4 is 22.8 Å². The van der Waals surface area contributed by atoms with Crippen LogP contribution >= 0.6 is 0 Å². The number of nitrogens with zero attached hydrogens (tertiary/aromatic N) is 2. The molecule has 0 aliphatic heterocycles. The molecule has 1 heterocycles. The van der Waals surface area contributed by atoms with Crippen LogP contribution in [0.4, 0.5) is 5.95 Å². The molecule has 1 unspecified atom stereocenters. The third kappa shape index (κ3) is 3.19. The molecule has 1 aromatic carbocycles. The van der Waals surface area contributed by atoms with Crippen LogP contribution in [-0.2, 0) is 0 Å². The van der Waals surface area contributed by atoms with E-state index in [4.69, 9.17) is 5.11 Å². The van der Waals surface area contributed by atoms with E-state index in [9.17, 15) is 4.79 Å². The molecule has 5 nitrogen and oxygen atoms in total. The van der Waals surface area contributed by atoms with E-state index in [1.54, 1.807) is 24.4 Å². The number of carboxylic acid groups (broad SMARTS) is 1. The van der Waals surface area contributed by atoms with Gasteiger partial charge in [0.25, 0.3) is 0 Å². The zero-order chi connectivity index (χ0) is 13.8. The molecule has 0 bridgehead atoms. The van der Waals surface area contributed by atoms with Crippen molar-refractivity contribution in [3.8, 4) is 0 Å². The maximum absolute atomic E-state index is 10.9. The van der Waals surface area contributed by atoms with Gasteiger partial charge in [-0.1, -0.05) is 13.3 Å². The van der Waals surface area contributed by atoms with Crippen molar-refractivity contribution in [2.75, 3.05) is 5.32 Å². The second-order valence-corrected chi connectivity index (χ2v) is 4.61. The lowest BCUT2D eigenvalue weighted by molar-refractivity contribution is 0.0697. The van der Waals surface area contributed by atoms with Gasteiger partial charge < -0.3 is 10.4 Å². The molecule has 19 heavy (non-hydrogen) atoms. The van der Waals surface area contributed by atoms with Gasteiger partial charge in [0.05, 0.1) is 11.1 Å². The zero-order valence-corrected chi connectivity index (χ0v) is 11.1. The Hall–Kier alpha value is -2.17. The summed E-state index contributed by atoms with van der Waals surface area (Å²) in [4.78, 5) is 19.5. The molecule has 0 amide bonds. The highest BCUT2D eigenvalue weighted by Gasteiger charge is 2.07. The van der Waals surface area contributed by atoms with Crippen molar-refractivity contribution in [3.63, 3.8) is 0 Å². The van der Waals surface area contributed by atoms with Crippen LogP contribution < -0.4 is 5.32 Å². The molecule has 2 aromatic rings. The van der Waals surface area contributed by atoms with E-state index >= 15 is 0 Å². The molecule has 1 aromatic heterocycles. The normalized spacial score (nSPS) is 12.3. The highest BCUT2D eigenvalue weighted by Crippen LogP contribution is 2.15. The molecule has 0 saturated heterocycles. The maximum Gasteiger partial charge on any atom is 0.335 e. The molecule has 100 valence electrons. The number of hydrogen-bond acceptors (Lipinski definition) is 4. The molecule has 2 rings (SSSR count). The standard InChI is InChI=1S/C14H17N3O2/c1-3-4-9(2)16-14-15-8-11-7-10(13(18)19)5-6-12(11)17-14/h5-9H,3-4H2,1-2H3,(H,18,19)(H,15,16,17). The van der Waals surface area contributed by atoms with Crippen LogP contribution in [-0.4, -0.2) is 27.1 Å². The lowest BCUT2D eigenvalue weighted by Gasteiger charge is -2.12. The number of carbonyl (C=O) groups is 1. The second kappa shape index (κ2) is 5.65. The van der Waals surface area contributed by atoms with Crippen molar-refractivity contribution < 1.29 is 9.90 Å². The third-order valence-corrected chi connectivity index (χ3v) is 2.92. The summed E-state index contributed by atoms with van der Waals surface area (Å²) in [6, 6.07) is 5.16. The maximum atomic E-state index is 10.9. The number of anilines is 1. The van der Waals surface area contributed by atoms with Crippen molar-refractivity contribution in [1.29, 1.82) is 0 Å². The Kier molecular flexibility index (Phi) is 3.94. The average Bonchev–Trinajstić information content (AvgIpc) is 2.38. The molecule has 0 aliphatic rings. The Labute approximate surface area is 111 Å². The first-order valence-corrected chi connectivity index (χ1v) is 6.36. The van der Waals surface area contributed by atoms with E-state index in [0.717, 1.165) is 23.7 Å². The molecular formula is C14H17N3O2. The summed E-state index contributed by atoms with van der Waals surface area (Å²) in [6.07, 6.45) is 3.80. The van der Waals surface area contributed by atoms with Gasteiger partial charge in [0.1, 0.15) is 0 Å². The summed E-state index contributed by atoms with van der Waals surface area (Å²) >= 11 is 0. The average molecular weight is 259 g/mol. The number of fused-ring (bicyclic) bond motifs is 1. The Morgan fingerprint density at radius 1 is 1.47 bits per heavy atom. The number of rotatable bonds is 5. The summed E-state index contributed by atoms with van der Waals surface area (Å²) in [5.74, 6) is -0.364. The van der Waals surface area contributed by atoms with Crippen LogP contribution in [0.5, 0.6) is 0 Å². The van der Waals surface area contributed by atoms with Crippen LogP contribution in [0.1, 0.15) is 37.0 Å². The first-order chi connectivity index (χ1) is 9.10. The number of benzene rings is 1. The number of aromatic nitrogens is 2. The van der Waals surface area contributed by atoms with Gasteiger partial charge in [-0.05, 0) is 31.5 Å². The highest BCUT2D eigenvalue weighted by molar-refractivity contribution is 5.93. The molecule has 0 fully saturated rings. The molecule has 2 N–H and O–H groups in total. The van der Waals surface area contributed by atoms with E-state index in [-0.39, 0.29) is 5.56 Å². The molecule has 0 radical (unpaired) electrons. The van der Waals surface area contributed by atoms with Gasteiger partial charge in [0.2, 0.25) is 5.95 Å². The Morgan fingerprint density at radius 3 is 2.95 bits per heavy atom. The van der Waals surface area contributed by atoms with E-state index in [1.165, 1.54) is 0 Å². The number of aromatic carboxylic acids is 1. The fraction of sp³-hybridized carbons (Fsp3) is 0.357. The third-order valence-electron chi connectivity index (χ3n) is 2.92. The molecular weight excluding hydrogens is 242 g/mol. The van der Waals surface area contributed by atoms with E-state index in [2.05, 4.69) is 29.1 Å². The van der Waals surface area contributed by atoms with Crippen LogP contribution in [0, 0.1) is 0 Å². The fourth-order valence-corrected chi connectivity index (χ4v) is 1.96. The summed E-state index contributed by atoms with van der Waals surface area (Å²) in [5.41, 5.74) is 0.988. The predicted octanol–water partition coefficient (Wildman–Crippen LogP) is 2.93. The largest absolute Gasteiger partial charge is 0.478 e. The van der Waals surface area contributed by atoms with Gasteiger partial charge in [-0.2, -0.15) is 0 Å². The Morgan fingerprint density at radius 2 is 2.26 bits per heavy atom. The summed E-state index contributed by atoms with van der Waals surface area (Å²) in [6.45, 7) is 4.22. The zero-order valence-electron chi connectivity index (χ0n) is 11.1. The fourth-order valence-electron chi connectivity index (χ4n) is 1.96. The van der Waals surface area contributed by atoms with Crippen molar-refractivity contribution in [2.45, 2.75) is 32.7 Å². The van der Waals surface area contributed by atoms with Crippen molar-refractivity contribution in [2.24, 2.45) is 0 Å². The van der Waals surface area contributed by atoms with E-state index in [0.29, 0.717) is 12.0 Å². The van der Waals surface area contributed by atoms with Crippen LogP contribution in [0.15, 0.2) is 24.4 Å². The Bertz CT molecular complexity index is 598. The minimum atomic E-state index is -0.944. The second-order valence-electron chi connectivity index (χ2n) is 4.61.